The number of carbonyl (C=O) groups excluding carboxylic acids is 1. The monoisotopic (exact) mass is 409 g/mol. The Labute approximate surface area is 167 Å². The summed E-state index contributed by atoms with van der Waals surface area (Å²) < 4.78 is 51.0. The third-order valence-corrected chi connectivity index (χ3v) is 4.20. The molecule has 0 radical (unpaired) electrons. The summed E-state index contributed by atoms with van der Waals surface area (Å²) in [5.74, 6) is 0.0882. The summed E-state index contributed by atoms with van der Waals surface area (Å²) in [5, 5.41) is 9.30. The summed E-state index contributed by atoms with van der Waals surface area (Å²) in [5.41, 5.74) is -0.594. The van der Waals surface area contributed by atoms with E-state index in [1.165, 1.54) is 38.5 Å². The number of alkyl halides is 3. The molecule has 0 atom stereocenters. The van der Waals surface area contributed by atoms with E-state index in [4.69, 9.17) is 9.47 Å². The van der Waals surface area contributed by atoms with Gasteiger partial charge in [0.05, 0.1) is 26.4 Å². The standard InChI is InChI=1S/C21H22F3NO4/c1-28-17-9-8-16(19(12-17)29-2)14-25(10-11-26)20(27)13-18(21(22,23)24)15-6-4-3-5-7-15/h3-9,12-13,26H,10-11,14H2,1-2H3/b18-13-. The lowest BCUT2D eigenvalue weighted by atomic mass is 10.0. The van der Waals surface area contributed by atoms with Gasteiger partial charge in [-0.15, -0.1) is 0 Å². The number of benzene rings is 2. The molecule has 0 saturated heterocycles. The second-order valence-corrected chi connectivity index (χ2v) is 6.08. The summed E-state index contributed by atoms with van der Waals surface area (Å²) >= 11 is 0. The fourth-order valence-electron chi connectivity index (χ4n) is 2.74. The average Bonchev–Trinajstić information content (AvgIpc) is 2.71. The number of hydrogen-bond acceptors (Lipinski definition) is 4. The van der Waals surface area contributed by atoms with Crippen molar-refractivity contribution in [1.29, 1.82) is 0 Å². The molecule has 8 heteroatoms. The first-order valence-electron chi connectivity index (χ1n) is 8.75. The van der Waals surface area contributed by atoms with Gasteiger partial charge in [-0.25, -0.2) is 0 Å². The van der Waals surface area contributed by atoms with Crippen molar-refractivity contribution >= 4 is 11.5 Å². The van der Waals surface area contributed by atoms with Gasteiger partial charge in [-0.2, -0.15) is 13.2 Å². The lowest BCUT2D eigenvalue weighted by molar-refractivity contribution is -0.127. The normalized spacial score (nSPS) is 11.9. The molecular weight excluding hydrogens is 387 g/mol. The van der Waals surface area contributed by atoms with E-state index in [0.717, 1.165) is 4.90 Å². The Balaban J connectivity index is 2.36. The van der Waals surface area contributed by atoms with Crippen LogP contribution in [0.2, 0.25) is 0 Å². The second-order valence-electron chi connectivity index (χ2n) is 6.08. The number of hydrogen-bond donors (Lipinski definition) is 1. The molecule has 0 aliphatic heterocycles. The lowest BCUT2D eigenvalue weighted by Crippen LogP contribution is -2.32. The molecule has 0 heterocycles. The zero-order valence-corrected chi connectivity index (χ0v) is 16.1. The predicted octanol–water partition coefficient (Wildman–Crippen LogP) is 3.67. The van der Waals surface area contributed by atoms with E-state index in [2.05, 4.69) is 0 Å². The number of aliphatic hydroxyl groups excluding tert-OH is 1. The Morgan fingerprint density at radius 3 is 2.34 bits per heavy atom. The molecule has 2 rings (SSSR count). The zero-order chi connectivity index (χ0) is 21.4. The van der Waals surface area contributed by atoms with Gasteiger partial charge in [-0.05, 0) is 17.7 Å². The van der Waals surface area contributed by atoms with Crippen LogP contribution in [0.25, 0.3) is 5.57 Å². The molecule has 1 amide bonds. The smallest absolute Gasteiger partial charge is 0.417 e. The second kappa shape index (κ2) is 9.97. The number of ether oxygens (including phenoxy) is 2. The minimum Gasteiger partial charge on any atom is -0.497 e. The Morgan fingerprint density at radius 2 is 1.79 bits per heavy atom. The minimum absolute atomic E-state index is 0.0387. The van der Waals surface area contributed by atoms with Crippen LogP contribution in [0.3, 0.4) is 0 Å². The van der Waals surface area contributed by atoms with Crippen molar-refractivity contribution < 1.29 is 32.5 Å². The Morgan fingerprint density at radius 1 is 1.10 bits per heavy atom. The first-order valence-corrected chi connectivity index (χ1v) is 8.75. The average molecular weight is 409 g/mol. The van der Waals surface area contributed by atoms with Gasteiger partial charge in [0, 0.05) is 30.8 Å². The summed E-state index contributed by atoms with van der Waals surface area (Å²) in [7, 11) is 2.93. The number of carbonyl (C=O) groups is 1. The highest BCUT2D eigenvalue weighted by Gasteiger charge is 2.35. The van der Waals surface area contributed by atoms with Crippen LogP contribution in [0.1, 0.15) is 11.1 Å². The molecule has 0 bridgehead atoms. The number of allylic oxidation sites excluding steroid dienone is 1. The fourth-order valence-corrected chi connectivity index (χ4v) is 2.74. The van der Waals surface area contributed by atoms with Gasteiger partial charge in [-0.3, -0.25) is 4.79 Å². The first-order chi connectivity index (χ1) is 13.8. The van der Waals surface area contributed by atoms with Gasteiger partial charge in [0.1, 0.15) is 11.5 Å². The van der Waals surface area contributed by atoms with Gasteiger partial charge < -0.3 is 19.5 Å². The van der Waals surface area contributed by atoms with Gasteiger partial charge in [0.15, 0.2) is 0 Å². The van der Waals surface area contributed by atoms with E-state index < -0.39 is 24.3 Å². The van der Waals surface area contributed by atoms with Crippen molar-refractivity contribution in [2.75, 3.05) is 27.4 Å². The maximum atomic E-state index is 13.5. The maximum absolute atomic E-state index is 13.5. The molecule has 0 aliphatic carbocycles. The molecule has 156 valence electrons. The van der Waals surface area contributed by atoms with Crippen LogP contribution in [-0.4, -0.2) is 49.5 Å². The molecule has 0 unspecified atom stereocenters. The SMILES string of the molecule is COc1ccc(CN(CCO)C(=O)/C=C(/c2ccccc2)C(F)(F)F)c(OC)c1. The van der Waals surface area contributed by atoms with Crippen LogP contribution in [0, 0.1) is 0 Å². The molecule has 0 aromatic heterocycles. The summed E-state index contributed by atoms with van der Waals surface area (Å²) in [4.78, 5) is 13.8. The minimum atomic E-state index is -4.71. The number of methoxy groups -OCH3 is 2. The zero-order valence-electron chi connectivity index (χ0n) is 16.1. The maximum Gasteiger partial charge on any atom is 0.417 e. The van der Waals surface area contributed by atoms with Crippen molar-refractivity contribution in [2.45, 2.75) is 12.7 Å². The topological polar surface area (TPSA) is 59.0 Å². The van der Waals surface area contributed by atoms with E-state index in [1.807, 2.05) is 0 Å². The molecule has 5 nitrogen and oxygen atoms in total. The third-order valence-electron chi connectivity index (χ3n) is 4.20. The molecule has 2 aromatic rings. The van der Waals surface area contributed by atoms with Gasteiger partial charge >= 0.3 is 6.18 Å². The summed E-state index contributed by atoms with van der Waals surface area (Å²) in [6.07, 6.45) is -4.15. The van der Waals surface area contributed by atoms with Crippen LogP contribution < -0.4 is 9.47 Å². The van der Waals surface area contributed by atoms with Crippen LogP contribution in [0.5, 0.6) is 11.5 Å². The van der Waals surface area contributed by atoms with Crippen molar-refractivity contribution in [3.63, 3.8) is 0 Å². The summed E-state index contributed by atoms with van der Waals surface area (Å²) in [6.45, 7) is -0.571. The van der Waals surface area contributed by atoms with E-state index in [-0.39, 0.29) is 18.7 Å². The van der Waals surface area contributed by atoms with Crippen molar-refractivity contribution in [2.24, 2.45) is 0 Å². The third kappa shape index (κ3) is 5.99. The van der Waals surface area contributed by atoms with E-state index in [1.54, 1.807) is 24.3 Å². The molecule has 1 N–H and O–H groups in total. The van der Waals surface area contributed by atoms with E-state index >= 15 is 0 Å². The molecule has 0 aliphatic rings. The Bertz CT molecular complexity index is 851. The van der Waals surface area contributed by atoms with Crippen molar-refractivity contribution in [1.82, 2.24) is 4.90 Å². The van der Waals surface area contributed by atoms with E-state index in [9.17, 15) is 23.1 Å². The summed E-state index contributed by atoms with van der Waals surface area (Å²) in [6, 6.07) is 12.0. The van der Waals surface area contributed by atoms with Gasteiger partial charge in [0.2, 0.25) is 5.91 Å². The Hall–Kier alpha value is -3.00. The van der Waals surface area contributed by atoms with Gasteiger partial charge in [-0.1, -0.05) is 30.3 Å². The fraction of sp³-hybridized carbons (Fsp3) is 0.286. The lowest BCUT2D eigenvalue weighted by Gasteiger charge is -2.23. The molecule has 0 spiro atoms. The van der Waals surface area contributed by atoms with Crippen molar-refractivity contribution in [3.8, 4) is 11.5 Å². The van der Waals surface area contributed by atoms with Crippen LogP contribution in [0.4, 0.5) is 13.2 Å². The Kier molecular flexibility index (Phi) is 7.67. The van der Waals surface area contributed by atoms with Crippen LogP contribution in [-0.2, 0) is 11.3 Å². The molecular formula is C21H22F3NO4. The van der Waals surface area contributed by atoms with Crippen LogP contribution >= 0.6 is 0 Å². The molecule has 0 fully saturated rings. The quantitative estimate of drug-likeness (QED) is 0.676. The highest BCUT2D eigenvalue weighted by atomic mass is 19.4. The predicted molar refractivity (Wildman–Crippen MR) is 103 cm³/mol. The van der Waals surface area contributed by atoms with Crippen LogP contribution in [0.15, 0.2) is 54.6 Å². The molecule has 2 aromatic carbocycles. The van der Waals surface area contributed by atoms with E-state index in [0.29, 0.717) is 23.1 Å². The number of aliphatic hydroxyl groups is 1. The van der Waals surface area contributed by atoms with Crippen molar-refractivity contribution in [3.05, 3.63) is 65.7 Å². The first kappa shape index (κ1) is 22.3. The number of amides is 1. The number of nitrogens with zero attached hydrogens (tertiary/aromatic N) is 1. The molecule has 29 heavy (non-hydrogen) atoms. The highest BCUT2D eigenvalue weighted by Crippen LogP contribution is 2.34. The highest BCUT2D eigenvalue weighted by molar-refractivity contribution is 5.96. The van der Waals surface area contributed by atoms with Gasteiger partial charge in [0.25, 0.3) is 0 Å². The largest absolute Gasteiger partial charge is 0.497 e. The molecule has 0 saturated carbocycles. The number of halogens is 3. The number of rotatable bonds is 8.